The zero-order valence-corrected chi connectivity index (χ0v) is 29.7. The van der Waals surface area contributed by atoms with E-state index in [1.54, 1.807) is 0 Å². The van der Waals surface area contributed by atoms with Crippen molar-refractivity contribution in [3.05, 3.63) is 218 Å². The fraction of sp³-hybridized carbons (Fsp3) is 0. The molecule has 0 fully saturated rings. The SMILES string of the molecule is c1ccc(-c2ccc(N(c3ccc(-c4cccc5ccccc45)cc3)c3ccccc3-c3ccc(-n4c5ccccc5c5ccccc54)cc3)cc2)cc1. The summed E-state index contributed by atoms with van der Waals surface area (Å²) in [6.45, 7) is 0. The highest BCUT2D eigenvalue weighted by atomic mass is 15.1. The summed E-state index contributed by atoms with van der Waals surface area (Å²) in [5.74, 6) is 0. The Morgan fingerprint density at radius 1 is 0.296 bits per heavy atom. The monoisotopic (exact) mass is 688 g/mol. The van der Waals surface area contributed by atoms with Crippen molar-refractivity contribution in [3.63, 3.8) is 0 Å². The molecule has 1 aromatic heterocycles. The van der Waals surface area contributed by atoms with Crippen molar-refractivity contribution in [2.45, 2.75) is 0 Å². The molecule has 0 aliphatic rings. The Morgan fingerprint density at radius 3 is 1.44 bits per heavy atom. The summed E-state index contributed by atoms with van der Waals surface area (Å²) in [6.07, 6.45) is 0. The first-order chi connectivity index (χ1) is 26.8. The van der Waals surface area contributed by atoms with Crippen LogP contribution in [0, 0.1) is 0 Å². The van der Waals surface area contributed by atoms with E-state index in [2.05, 4.69) is 228 Å². The number of hydrogen-bond acceptors (Lipinski definition) is 1. The third-order valence-corrected chi connectivity index (χ3v) is 10.6. The normalized spacial score (nSPS) is 11.3. The lowest BCUT2D eigenvalue weighted by atomic mass is 9.97. The van der Waals surface area contributed by atoms with E-state index in [-0.39, 0.29) is 0 Å². The van der Waals surface area contributed by atoms with Gasteiger partial charge in [-0.15, -0.1) is 0 Å². The van der Waals surface area contributed by atoms with Crippen LogP contribution in [0.5, 0.6) is 0 Å². The van der Waals surface area contributed by atoms with E-state index in [1.807, 2.05) is 0 Å². The molecule has 0 aliphatic carbocycles. The average molecular weight is 689 g/mol. The molecule has 9 aromatic carbocycles. The number of fused-ring (bicyclic) bond motifs is 4. The van der Waals surface area contributed by atoms with E-state index < -0.39 is 0 Å². The van der Waals surface area contributed by atoms with Crippen molar-refractivity contribution >= 4 is 49.6 Å². The van der Waals surface area contributed by atoms with Crippen LogP contribution in [0.15, 0.2) is 218 Å². The van der Waals surface area contributed by atoms with Gasteiger partial charge in [-0.05, 0) is 93.2 Å². The van der Waals surface area contributed by atoms with Gasteiger partial charge in [0.2, 0.25) is 0 Å². The lowest BCUT2D eigenvalue weighted by molar-refractivity contribution is 1.18. The molecule has 0 amide bonds. The standard InChI is InChI=1S/C52H36N2/c1-2-13-37(14-3-1)38-25-31-42(32-26-38)53(43-33-27-40(28-34-43)46-21-12-16-39-15-4-5-17-45(39)46)50-22-9-6-18-47(50)41-29-35-44(36-30-41)54-51-23-10-7-19-48(51)49-20-8-11-24-52(49)54/h1-36H. The second kappa shape index (κ2) is 13.4. The van der Waals surface area contributed by atoms with E-state index in [0.717, 1.165) is 33.9 Å². The van der Waals surface area contributed by atoms with Crippen LogP contribution in [-0.2, 0) is 0 Å². The molecule has 0 radical (unpaired) electrons. The van der Waals surface area contributed by atoms with Crippen molar-refractivity contribution in [3.8, 4) is 39.1 Å². The first-order valence-electron chi connectivity index (χ1n) is 18.5. The van der Waals surface area contributed by atoms with Crippen LogP contribution in [0.3, 0.4) is 0 Å². The van der Waals surface area contributed by atoms with Crippen molar-refractivity contribution in [1.29, 1.82) is 0 Å². The Morgan fingerprint density at radius 2 is 0.759 bits per heavy atom. The van der Waals surface area contributed by atoms with Gasteiger partial charge in [-0.3, -0.25) is 0 Å². The molecule has 0 unspecified atom stereocenters. The van der Waals surface area contributed by atoms with Crippen molar-refractivity contribution < 1.29 is 0 Å². The van der Waals surface area contributed by atoms with Crippen molar-refractivity contribution in [1.82, 2.24) is 4.57 Å². The fourth-order valence-corrected chi connectivity index (χ4v) is 8.03. The Kier molecular flexibility index (Phi) is 7.85. The fourth-order valence-electron chi connectivity index (χ4n) is 8.03. The first-order valence-corrected chi connectivity index (χ1v) is 18.5. The molecule has 0 saturated carbocycles. The van der Waals surface area contributed by atoms with Gasteiger partial charge < -0.3 is 9.47 Å². The Hall–Kier alpha value is -7.16. The minimum absolute atomic E-state index is 1.10. The third-order valence-electron chi connectivity index (χ3n) is 10.6. The summed E-state index contributed by atoms with van der Waals surface area (Å²) >= 11 is 0. The zero-order valence-electron chi connectivity index (χ0n) is 29.7. The van der Waals surface area contributed by atoms with Gasteiger partial charge in [0, 0.05) is 33.4 Å². The molecule has 2 nitrogen and oxygen atoms in total. The quantitative estimate of drug-likeness (QED) is 0.162. The van der Waals surface area contributed by atoms with Gasteiger partial charge in [-0.25, -0.2) is 0 Å². The lowest BCUT2D eigenvalue weighted by Crippen LogP contribution is -2.11. The van der Waals surface area contributed by atoms with Crippen molar-refractivity contribution in [2.75, 3.05) is 4.90 Å². The van der Waals surface area contributed by atoms with Gasteiger partial charge in [0.1, 0.15) is 0 Å². The molecule has 0 spiro atoms. The van der Waals surface area contributed by atoms with E-state index in [0.29, 0.717) is 0 Å². The maximum atomic E-state index is 2.39. The summed E-state index contributed by atoms with van der Waals surface area (Å²) in [6, 6.07) is 78.8. The number of nitrogens with zero attached hydrogens (tertiary/aromatic N) is 2. The molecular formula is C52H36N2. The summed E-state index contributed by atoms with van der Waals surface area (Å²) in [4.78, 5) is 2.39. The summed E-state index contributed by atoms with van der Waals surface area (Å²) < 4.78 is 2.37. The highest BCUT2D eigenvalue weighted by Gasteiger charge is 2.18. The number of anilines is 3. The van der Waals surface area contributed by atoms with Crippen LogP contribution in [0.25, 0.3) is 71.6 Å². The lowest BCUT2D eigenvalue weighted by Gasteiger charge is -2.28. The van der Waals surface area contributed by atoms with Gasteiger partial charge >= 0.3 is 0 Å². The van der Waals surface area contributed by atoms with Gasteiger partial charge in [0.05, 0.1) is 16.7 Å². The van der Waals surface area contributed by atoms with E-state index >= 15 is 0 Å². The van der Waals surface area contributed by atoms with E-state index in [9.17, 15) is 0 Å². The first kappa shape index (κ1) is 31.6. The van der Waals surface area contributed by atoms with Gasteiger partial charge in [0.15, 0.2) is 0 Å². The van der Waals surface area contributed by atoms with Gasteiger partial charge in [0.25, 0.3) is 0 Å². The minimum atomic E-state index is 1.10. The molecule has 254 valence electrons. The van der Waals surface area contributed by atoms with Crippen LogP contribution < -0.4 is 4.90 Å². The molecule has 10 rings (SSSR count). The highest BCUT2D eigenvalue weighted by Crippen LogP contribution is 2.43. The number of para-hydroxylation sites is 3. The zero-order chi connectivity index (χ0) is 35.8. The average Bonchev–Trinajstić information content (AvgIpc) is 3.59. The number of aromatic nitrogens is 1. The number of benzene rings is 9. The van der Waals surface area contributed by atoms with Crippen LogP contribution in [0.1, 0.15) is 0 Å². The summed E-state index contributed by atoms with van der Waals surface area (Å²) in [5, 5.41) is 5.04. The van der Waals surface area contributed by atoms with Crippen LogP contribution in [0.4, 0.5) is 17.1 Å². The van der Waals surface area contributed by atoms with Crippen LogP contribution in [0.2, 0.25) is 0 Å². The van der Waals surface area contributed by atoms with Crippen LogP contribution in [-0.4, -0.2) is 4.57 Å². The van der Waals surface area contributed by atoms with Gasteiger partial charge in [-0.1, -0.05) is 164 Å². The number of rotatable bonds is 7. The number of hydrogen-bond donors (Lipinski definition) is 0. The van der Waals surface area contributed by atoms with Crippen LogP contribution >= 0.6 is 0 Å². The minimum Gasteiger partial charge on any atom is -0.310 e. The summed E-state index contributed by atoms with van der Waals surface area (Å²) in [5.41, 5.74) is 14.0. The van der Waals surface area contributed by atoms with Gasteiger partial charge in [-0.2, -0.15) is 0 Å². The largest absolute Gasteiger partial charge is 0.310 e. The molecule has 0 atom stereocenters. The molecule has 0 bridgehead atoms. The topological polar surface area (TPSA) is 8.17 Å². The van der Waals surface area contributed by atoms with E-state index in [4.69, 9.17) is 0 Å². The Labute approximate surface area is 315 Å². The molecule has 10 aromatic rings. The maximum Gasteiger partial charge on any atom is 0.0541 e. The molecule has 0 saturated heterocycles. The Bertz CT molecular complexity index is 2840. The molecule has 2 heteroatoms. The molecule has 1 heterocycles. The summed E-state index contributed by atoms with van der Waals surface area (Å²) in [7, 11) is 0. The smallest absolute Gasteiger partial charge is 0.0541 e. The molecule has 0 aliphatic heterocycles. The predicted molar refractivity (Wildman–Crippen MR) is 229 cm³/mol. The third kappa shape index (κ3) is 5.53. The van der Waals surface area contributed by atoms with Crippen molar-refractivity contribution in [2.24, 2.45) is 0 Å². The molecule has 0 N–H and O–H groups in total. The molecule has 54 heavy (non-hydrogen) atoms. The van der Waals surface area contributed by atoms with E-state index in [1.165, 1.54) is 54.8 Å². The second-order valence-corrected chi connectivity index (χ2v) is 13.8. The maximum absolute atomic E-state index is 2.39. The highest BCUT2D eigenvalue weighted by molar-refractivity contribution is 6.09. The Balaban J connectivity index is 1.08. The molecular weight excluding hydrogens is 653 g/mol. The second-order valence-electron chi connectivity index (χ2n) is 13.8. The predicted octanol–water partition coefficient (Wildman–Crippen LogP) is 14.4.